The molecule has 0 saturated carbocycles. The number of hydrogen-bond donors (Lipinski definition) is 0. The summed E-state index contributed by atoms with van der Waals surface area (Å²) < 4.78 is 23.0. The molecule has 0 aromatic carbocycles. The average Bonchev–Trinajstić information content (AvgIpc) is 2.14. The van der Waals surface area contributed by atoms with E-state index in [1.54, 1.807) is 6.92 Å². The van der Waals surface area contributed by atoms with Crippen molar-refractivity contribution in [3.8, 4) is 0 Å². The van der Waals surface area contributed by atoms with Crippen LogP contribution in [0.2, 0.25) is 0 Å². The maximum Gasteiger partial charge on any atom is 0.263 e. The summed E-state index contributed by atoms with van der Waals surface area (Å²) in [4.78, 5) is 16.0. The molecule has 0 N–H and O–H groups in total. The van der Waals surface area contributed by atoms with E-state index < -0.39 is 21.0 Å². The summed E-state index contributed by atoms with van der Waals surface area (Å²) in [7, 11) is -0.630. The Morgan fingerprint density at radius 1 is 1.50 bits per heavy atom. The molecule has 1 atom stereocenters. The molecule has 0 heterocycles. The van der Waals surface area contributed by atoms with Crippen molar-refractivity contribution in [1.82, 2.24) is 5.06 Å². The quantitative estimate of drug-likeness (QED) is 0.625. The molecule has 0 bridgehead atoms. The summed E-state index contributed by atoms with van der Waals surface area (Å²) in [5, 5.41) is -0.106. The summed E-state index contributed by atoms with van der Waals surface area (Å²) in [6.07, 6.45) is 0.511. The van der Waals surface area contributed by atoms with Crippen molar-refractivity contribution in [2.75, 3.05) is 19.9 Å². The van der Waals surface area contributed by atoms with Crippen molar-refractivity contribution in [1.29, 1.82) is 0 Å². The molecule has 0 aromatic heterocycles. The number of amides is 1. The Morgan fingerprint density at radius 3 is 2.36 bits per heavy atom. The first-order valence-corrected chi connectivity index (χ1v) is 6.11. The first kappa shape index (κ1) is 13.4. The molecule has 1 unspecified atom stereocenters. The van der Waals surface area contributed by atoms with Crippen molar-refractivity contribution < 1.29 is 18.0 Å². The van der Waals surface area contributed by atoms with Gasteiger partial charge in [-0.15, -0.1) is 0 Å². The second kappa shape index (κ2) is 5.31. The Bertz CT molecular complexity index is 286. The van der Waals surface area contributed by atoms with Gasteiger partial charge in [0.05, 0.1) is 12.9 Å². The van der Waals surface area contributed by atoms with Crippen LogP contribution in [0.15, 0.2) is 0 Å². The summed E-state index contributed by atoms with van der Waals surface area (Å²) >= 11 is 0. The van der Waals surface area contributed by atoms with Crippen LogP contribution in [-0.2, 0) is 19.5 Å². The van der Waals surface area contributed by atoms with Gasteiger partial charge in [0.15, 0.2) is 9.84 Å². The molecule has 0 fully saturated rings. The molecule has 0 aliphatic rings. The molecule has 14 heavy (non-hydrogen) atoms. The fourth-order valence-corrected chi connectivity index (χ4v) is 2.34. The lowest BCUT2D eigenvalue weighted by atomic mass is 10.4. The van der Waals surface area contributed by atoms with E-state index in [1.165, 1.54) is 21.1 Å². The minimum Gasteiger partial charge on any atom is -0.275 e. The summed E-state index contributed by atoms with van der Waals surface area (Å²) in [5.74, 6) is -0.516. The van der Waals surface area contributed by atoms with E-state index in [4.69, 9.17) is 0 Å². The van der Waals surface area contributed by atoms with Gasteiger partial charge in [0.2, 0.25) is 0 Å². The molecule has 0 spiro atoms. The van der Waals surface area contributed by atoms with Crippen LogP contribution in [0.1, 0.15) is 20.3 Å². The first-order valence-electron chi connectivity index (χ1n) is 4.40. The number of carbonyl (C=O) groups excluding carboxylic acids is 1. The minimum atomic E-state index is -3.34. The molecule has 0 aliphatic heterocycles. The van der Waals surface area contributed by atoms with Crippen molar-refractivity contribution >= 4 is 15.7 Å². The highest BCUT2D eigenvalue weighted by Crippen LogP contribution is 2.06. The molecule has 0 aromatic rings. The zero-order valence-electron chi connectivity index (χ0n) is 8.98. The van der Waals surface area contributed by atoms with Gasteiger partial charge in [0.1, 0.15) is 5.25 Å². The van der Waals surface area contributed by atoms with Gasteiger partial charge in [-0.25, -0.2) is 13.5 Å². The fraction of sp³-hybridized carbons (Fsp3) is 0.875. The van der Waals surface area contributed by atoms with Crippen molar-refractivity contribution in [3.63, 3.8) is 0 Å². The normalized spacial score (nSPS) is 13.7. The van der Waals surface area contributed by atoms with Crippen LogP contribution < -0.4 is 0 Å². The van der Waals surface area contributed by atoms with E-state index in [9.17, 15) is 13.2 Å². The van der Waals surface area contributed by atoms with Gasteiger partial charge in [0, 0.05) is 7.05 Å². The highest BCUT2D eigenvalue weighted by Gasteiger charge is 2.29. The Hall–Kier alpha value is -0.620. The Kier molecular flexibility index (Phi) is 5.07. The highest BCUT2D eigenvalue weighted by atomic mass is 32.2. The van der Waals surface area contributed by atoms with Gasteiger partial charge in [-0.1, -0.05) is 6.92 Å². The molecule has 0 rings (SSSR count). The third kappa shape index (κ3) is 3.26. The second-order valence-corrected chi connectivity index (χ2v) is 5.47. The zero-order chi connectivity index (χ0) is 11.4. The van der Waals surface area contributed by atoms with E-state index in [2.05, 4.69) is 4.84 Å². The molecule has 5 nitrogen and oxygen atoms in total. The highest BCUT2D eigenvalue weighted by molar-refractivity contribution is 7.92. The van der Waals surface area contributed by atoms with Crippen LogP contribution >= 0.6 is 0 Å². The Labute approximate surface area is 84.9 Å². The van der Waals surface area contributed by atoms with Crippen LogP contribution in [0.25, 0.3) is 0 Å². The largest absolute Gasteiger partial charge is 0.275 e. The van der Waals surface area contributed by atoms with Crippen LogP contribution in [0.4, 0.5) is 0 Å². The third-order valence-electron chi connectivity index (χ3n) is 1.96. The summed E-state index contributed by atoms with van der Waals surface area (Å²) in [6, 6.07) is 0. The maximum atomic E-state index is 11.5. The molecular formula is C8H17NO4S. The minimum absolute atomic E-state index is 0.0253. The van der Waals surface area contributed by atoms with Crippen LogP contribution in [0.3, 0.4) is 0 Å². The number of carbonyl (C=O) groups is 1. The van der Waals surface area contributed by atoms with Crippen molar-refractivity contribution in [2.24, 2.45) is 0 Å². The number of rotatable bonds is 5. The van der Waals surface area contributed by atoms with Gasteiger partial charge < -0.3 is 0 Å². The Morgan fingerprint density at radius 2 is 2.00 bits per heavy atom. The first-order chi connectivity index (χ1) is 6.36. The maximum absolute atomic E-state index is 11.5. The molecule has 0 radical (unpaired) electrons. The van der Waals surface area contributed by atoms with Gasteiger partial charge in [0.25, 0.3) is 5.91 Å². The lowest BCUT2D eigenvalue weighted by molar-refractivity contribution is -0.167. The van der Waals surface area contributed by atoms with Crippen LogP contribution in [-0.4, -0.2) is 44.5 Å². The van der Waals surface area contributed by atoms with Crippen LogP contribution in [0.5, 0.6) is 0 Å². The van der Waals surface area contributed by atoms with Gasteiger partial charge in [-0.3, -0.25) is 9.63 Å². The third-order valence-corrected chi connectivity index (χ3v) is 4.22. The standard InChI is InChI=1S/C8H17NO4S/c1-5-6-14(11,12)7(2)8(10)9(3)13-4/h7H,5-6H2,1-4H3. The molecule has 1 amide bonds. The zero-order valence-corrected chi connectivity index (χ0v) is 9.80. The summed E-state index contributed by atoms with van der Waals surface area (Å²) in [6.45, 7) is 3.14. The van der Waals surface area contributed by atoms with E-state index in [0.717, 1.165) is 5.06 Å². The predicted octanol–water partition coefficient (Wildman–Crippen LogP) is 0.220. The van der Waals surface area contributed by atoms with Gasteiger partial charge in [-0.05, 0) is 13.3 Å². The van der Waals surface area contributed by atoms with Crippen molar-refractivity contribution in [3.05, 3.63) is 0 Å². The lowest BCUT2D eigenvalue weighted by Gasteiger charge is -2.18. The molecule has 6 heteroatoms. The summed E-state index contributed by atoms with van der Waals surface area (Å²) in [5.41, 5.74) is 0. The average molecular weight is 223 g/mol. The SMILES string of the molecule is CCCS(=O)(=O)C(C)C(=O)N(C)OC. The van der Waals surface area contributed by atoms with Crippen LogP contribution in [0, 0.1) is 0 Å². The second-order valence-electron chi connectivity index (χ2n) is 3.03. The number of hydroxylamine groups is 2. The number of sulfone groups is 1. The Balaban J connectivity index is 4.62. The van der Waals surface area contributed by atoms with E-state index in [-0.39, 0.29) is 5.75 Å². The lowest BCUT2D eigenvalue weighted by Crippen LogP contribution is -2.39. The fourth-order valence-electron chi connectivity index (χ4n) is 0.961. The molecular weight excluding hydrogens is 206 g/mol. The van der Waals surface area contributed by atoms with E-state index in [1.807, 2.05) is 0 Å². The molecule has 84 valence electrons. The topological polar surface area (TPSA) is 63.7 Å². The smallest absolute Gasteiger partial charge is 0.263 e. The van der Waals surface area contributed by atoms with E-state index in [0.29, 0.717) is 6.42 Å². The van der Waals surface area contributed by atoms with Gasteiger partial charge in [-0.2, -0.15) is 0 Å². The number of nitrogens with zero attached hydrogens (tertiary/aromatic N) is 1. The molecule has 0 saturated heterocycles. The van der Waals surface area contributed by atoms with E-state index >= 15 is 0 Å². The predicted molar refractivity (Wildman–Crippen MR) is 53.3 cm³/mol. The van der Waals surface area contributed by atoms with Gasteiger partial charge >= 0.3 is 0 Å². The molecule has 0 aliphatic carbocycles. The number of hydrogen-bond acceptors (Lipinski definition) is 4. The monoisotopic (exact) mass is 223 g/mol. The van der Waals surface area contributed by atoms with Crippen molar-refractivity contribution in [2.45, 2.75) is 25.5 Å².